The number of amides is 2. The third-order valence-electron chi connectivity index (χ3n) is 3.10. The molecule has 1 N–H and O–H groups in total. The zero-order valence-corrected chi connectivity index (χ0v) is 10.5. The number of hydrogen-bond donors (Lipinski definition) is 1. The molecule has 2 heterocycles. The molecule has 0 aromatic carbocycles. The van der Waals surface area contributed by atoms with Gasteiger partial charge in [-0.1, -0.05) is 13.0 Å². The van der Waals surface area contributed by atoms with Gasteiger partial charge in [0.25, 0.3) is 0 Å². The Hall–Kier alpha value is -1.91. The number of carbonyl (C=O) groups excluding carboxylic acids is 2. The SMILES string of the molecule is CCc1cccnc1CN1CCC(=O)NCC1=O. The summed E-state index contributed by atoms with van der Waals surface area (Å²) in [6, 6.07) is 3.92. The molecule has 0 saturated carbocycles. The summed E-state index contributed by atoms with van der Waals surface area (Å²) < 4.78 is 0. The number of pyridine rings is 1. The van der Waals surface area contributed by atoms with E-state index in [1.54, 1.807) is 11.1 Å². The maximum Gasteiger partial charge on any atom is 0.242 e. The minimum Gasteiger partial charge on any atom is -0.347 e. The van der Waals surface area contributed by atoms with Crippen LogP contribution < -0.4 is 5.32 Å². The second-order valence-corrected chi connectivity index (χ2v) is 4.30. The quantitative estimate of drug-likeness (QED) is 0.845. The minimum absolute atomic E-state index is 0.0476. The molecule has 2 rings (SSSR count). The molecule has 1 aromatic rings. The van der Waals surface area contributed by atoms with Crippen LogP contribution in [-0.2, 0) is 22.6 Å². The van der Waals surface area contributed by atoms with E-state index >= 15 is 0 Å². The summed E-state index contributed by atoms with van der Waals surface area (Å²) in [4.78, 5) is 29.1. The van der Waals surface area contributed by atoms with Gasteiger partial charge < -0.3 is 10.2 Å². The van der Waals surface area contributed by atoms with Crippen LogP contribution in [0.25, 0.3) is 0 Å². The van der Waals surface area contributed by atoms with Gasteiger partial charge >= 0.3 is 0 Å². The highest BCUT2D eigenvalue weighted by Crippen LogP contribution is 2.11. The summed E-state index contributed by atoms with van der Waals surface area (Å²) in [6.45, 7) is 3.10. The van der Waals surface area contributed by atoms with Gasteiger partial charge in [-0.2, -0.15) is 0 Å². The van der Waals surface area contributed by atoms with E-state index in [1.807, 2.05) is 12.1 Å². The van der Waals surface area contributed by atoms with E-state index in [0.29, 0.717) is 19.5 Å². The molecule has 5 nitrogen and oxygen atoms in total. The van der Waals surface area contributed by atoms with E-state index in [0.717, 1.165) is 17.7 Å². The Kier molecular flexibility index (Phi) is 3.92. The van der Waals surface area contributed by atoms with Gasteiger partial charge in [0.1, 0.15) is 0 Å². The van der Waals surface area contributed by atoms with Crippen molar-refractivity contribution >= 4 is 11.8 Å². The topological polar surface area (TPSA) is 62.3 Å². The second kappa shape index (κ2) is 5.62. The molecule has 0 unspecified atom stereocenters. The number of aryl methyl sites for hydroxylation is 1. The van der Waals surface area contributed by atoms with Crippen LogP contribution in [0.5, 0.6) is 0 Å². The molecule has 1 aliphatic rings. The summed E-state index contributed by atoms with van der Waals surface area (Å²) in [6.07, 6.45) is 2.99. The van der Waals surface area contributed by atoms with Crippen molar-refractivity contribution in [2.24, 2.45) is 0 Å². The predicted octanol–water partition coefficient (Wildman–Crippen LogP) is 0.492. The Morgan fingerprint density at radius 1 is 1.44 bits per heavy atom. The molecule has 0 spiro atoms. The minimum atomic E-state index is -0.0671. The van der Waals surface area contributed by atoms with E-state index in [9.17, 15) is 9.59 Å². The summed E-state index contributed by atoms with van der Waals surface area (Å²) in [5, 5.41) is 2.59. The molecule has 1 aliphatic heterocycles. The first kappa shape index (κ1) is 12.5. The van der Waals surface area contributed by atoms with Gasteiger partial charge in [-0.05, 0) is 18.1 Å². The number of carbonyl (C=O) groups is 2. The van der Waals surface area contributed by atoms with Gasteiger partial charge in [0.2, 0.25) is 11.8 Å². The Morgan fingerprint density at radius 3 is 3.06 bits per heavy atom. The van der Waals surface area contributed by atoms with Crippen molar-refractivity contribution in [2.45, 2.75) is 26.3 Å². The molecular formula is C13H17N3O2. The summed E-state index contributed by atoms with van der Waals surface area (Å²) in [5.41, 5.74) is 2.07. The van der Waals surface area contributed by atoms with Crippen molar-refractivity contribution < 1.29 is 9.59 Å². The van der Waals surface area contributed by atoms with Crippen molar-refractivity contribution in [3.8, 4) is 0 Å². The highest BCUT2D eigenvalue weighted by molar-refractivity contribution is 5.87. The number of hydrogen-bond acceptors (Lipinski definition) is 3. The maximum atomic E-state index is 11.8. The van der Waals surface area contributed by atoms with E-state index in [1.165, 1.54) is 0 Å². The van der Waals surface area contributed by atoms with Crippen LogP contribution in [0.1, 0.15) is 24.6 Å². The van der Waals surface area contributed by atoms with Crippen molar-refractivity contribution in [3.05, 3.63) is 29.6 Å². The van der Waals surface area contributed by atoms with Crippen molar-refractivity contribution in [3.63, 3.8) is 0 Å². The first-order chi connectivity index (χ1) is 8.70. The third kappa shape index (κ3) is 2.85. The maximum absolute atomic E-state index is 11.8. The number of aromatic nitrogens is 1. The van der Waals surface area contributed by atoms with E-state index < -0.39 is 0 Å². The molecule has 0 radical (unpaired) electrons. The van der Waals surface area contributed by atoms with Gasteiger partial charge in [0.05, 0.1) is 18.8 Å². The fourth-order valence-electron chi connectivity index (χ4n) is 2.02. The molecule has 2 amide bonds. The molecule has 96 valence electrons. The van der Waals surface area contributed by atoms with Crippen molar-refractivity contribution in [1.82, 2.24) is 15.2 Å². The summed E-state index contributed by atoms with van der Waals surface area (Å²) in [7, 11) is 0. The molecule has 18 heavy (non-hydrogen) atoms. The fraction of sp³-hybridized carbons (Fsp3) is 0.462. The Morgan fingerprint density at radius 2 is 2.28 bits per heavy atom. The van der Waals surface area contributed by atoms with E-state index in [-0.39, 0.29) is 18.4 Å². The Bertz CT molecular complexity index is 459. The lowest BCUT2D eigenvalue weighted by molar-refractivity contribution is -0.130. The zero-order valence-electron chi connectivity index (χ0n) is 10.5. The van der Waals surface area contributed by atoms with Crippen molar-refractivity contribution in [2.75, 3.05) is 13.1 Å². The summed E-state index contributed by atoms with van der Waals surface area (Å²) >= 11 is 0. The highest BCUT2D eigenvalue weighted by Gasteiger charge is 2.21. The van der Waals surface area contributed by atoms with Crippen LogP contribution in [0.2, 0.25) is 0 Å². The molecule has 1 fully saturated rings. The number of rotatable bonds is 3. The lowest BCUT2D eigenvalue weighted by Crippen LogP contribution is -2.35. The molecule has 0 bridgehead atoms. The van der Waals surface area contributed by atoms with Crippen molar-refractivity contribution in [1.29, 1.82) is 0 Å². The monoisotopic (exact) mass is 247 g/mol. The smallest absolute Gasteiger partial charge is 0.242 e. The zero-order chi connectivity index (χ0) is 13.0. The summed E-state index contributed by atoms with van der Waals surface area (Å²) in [5.74, 6) is -0.115. The van der Waals surface area contributed by atoms with Crippen LogP contribution in [0.4, 0.5) is 0 Å². The molecule has 1 saturated heterocycles. The first-order valence-electron chi connectivity index (χ1n) is 6.18. The highest BCUT2D eigenvalue weighted by atomic mass is 16.2. The lowest BCUT2D eigenvalue weighted by atomic mass is 10.1. The van der Waals surface area contributed by atoms with E-state index in [4.69, 9.17) is 0 Å². The molecule has 1 aromatic heterocycles. The Balaban J connectivity index is 2.12. The number of nitrogens with zero attached hydrogens (tertiary/aromatic N) is 2. The van der Waals surface area contributed by atoms with E-state index in [2.05, 4.69) is 17.2 Å². The van der Waals surface area contributed by atoms with Crippen LogP contribution in [0.3, 0.4) is 0 Å². The van der Waals surface area contributed by atoms with Crippen LogP contribution in [0, 0.1) is 0 Å². The average Bonchev–Trinajstić information content (AvgIpc) is 2.55. The second-order valence-electron chi connectivity index (χ2n) is 4.30. The molecule has 0 aliphatic carbocycles. The molecule has 5 heteroatoms. The van der Waals surface area contributed by atoms with Gasteiger partial charge in [0, 0.05) is 19.2 Å². The largest absolute Gasteiger partial charge is 0.347 e. The van der Waals surface area contributed by atoms with Gasteiger partial charge in [0.15, 0.2) is 0 Å². The number of nitrogens with one attached hydrogen (secondary N) is 1. The van der Waals surface area contributed by atoms with Gasteiger partial charge in [-0.3, -0.25) is 14.6 Å². The normalized spacial score (nSPS) is 16.4. The predicted molar refractivity (Wildman–Crippen MR) is 66.7 cm³/mol. The average molecular weight is 247 g/mol. The van der Waals surface area contributed by atoms with Crippen LogP contribution in [0.15, 0.2) is 18.3 Å². The van der Waals surface area contributed by atoms with Crippen LogP contribution in [-0.4, -0.2) is 34.8 Å². The lowest BCUT2D eigenvalue weighted by Gasteiger charge is -2.20. The third-order valence-corrected chi connectivity index (χ3v) is 3.10. The first-order valence-corrected chi connectivity index (χ1v) is 6.18. The Labute approximate surface area is 106 Å². The standard InChI is InChI=1S/C13H17N3O2/c1-2-10-4-3-6-14-11(10)9-16-7-5-12(17)15-8-13(16)18/h3-4,6H,2,5,7-9H2,1H3,(H,15,17). The molecular weight excluding hydrogens is 230 g/mol. The van der Waals surface area contributed by atoms with Gasteiger partial charge in [-0.15, -0.1) is 0 Å². The fourth-order valence-corrected chi connectivity index (χ4v) is 2.02. The molecule has 0 atom stereocenters. The van der Waals surface area contributed by atoms with Crippen LogP contribution >= 0.6 is 0 Å². The van der Waals surface area contributed by atoms with Gasteiger partial charge in [-0.25, -0.2) is 0 Å².